The Bertz CT molecular complexity index is 230. The number of hydrogen-bond donors (Lipinski definition) is 4. The van der Waals surface area contributed by atoms with Crippen molar-refractivity contribution in [2.45, 2.75) is 159 Å². The Morgan fingerprint density at radius 2 is 0.967 bits per heavy atom. The van der Waals surface area contributed by atoms with Crippen molar-refractivity contribution in [3.8, 4) is 0 Å². The normalized spacial score (nSPS) is 12.0. The van der Waals surface area contributed by atoms with Crippen molar-refractivity contribution >= 4 is 0 Å². The van der Waals surface area contributed by atoms with Crippen LogP contribution >= 0.6 is 0 Å². The molecule has 4 heteroatoms. The molecule has 4 N–H and O–H groups in total. The second-order valence-corrected chi connectivity index (χ2v) is 9.09. The SMILES string of the molecule is CCC(C)(C)C.CCC(O)CC.CCCC(C)O.CCCC(C)O.CCCCCO. The van der Waals surface area contributed by atoms with E-state index in [4.69, 9.17) is 20.4 Å². The third-order valence-electron chi connectivity index (χ3n) is 4.18. The van der Waals surface area contributed by atoms with E-state index in [0.29, 0.717) is 12.0 Å². The van der Waals surface area contributed by atoms with E-state index in [-0.39, 0.29) is 18.3 Å². The van der Waals surface area contributed by atoms with Gasteiger partial charge in [-0.25, -0.2) is 0 Å². The number of hydrogen-bond acceptors (Lipinski definition) is 4. The minimum absolute atomic E-state index is 0.0648. The largest absolute Gasteiger partial charge is 0.396 e. The third-order valence-corrected chi connectivity index (χ3v) is 4.18. The zero-order valence-corrected chi connectivity index (χ0v) is 22.8. The molecule has 0 rings (SSSR count). The minimum atomic E-state index is -0.102. The standard InChI is InChI=1S/C6H14.4C5H12O/c1-5-6(2,3)4;2*1-3-4-5(2)6;1-3-5(6)4-2;1-2-3-4-5-6/h5H2,1-4H3;3*5-6H,3-4H2,1-2H3;6H,2-5H2,1H3. The zero-order valence-electron chi connectivity index (χ0n) is 22.8. The molecule has 0 saturated carbocycles. The van der Waals surface area contributed by atoms with Gasteiger partial charge in [-0.3, -0.25) is 0 Å². The lowest BCUT2D eigenvalue weighted by Gasteiger charge is -2.12. The molecule has 0 fully saturated rings. The van der Waals surface area contributed by atoms with E-state index in [1.807, 2.05) is 27.7 Å². The number of unbranched alkanes of at least 4 members (excludes halogenated alkanes) is 2. The monoisotopic (exact) mass is 438 g/mol. The first-order chi connectivity index (χ1) is 13.8. The van der Waals surface area contributed by atoms with Crippen LogP contribution in [-0.4, -0.2) is 45.3 Å². The van der Waals surface area contributed by atoms with Gasteiger partial charge in [-0.1, -0.05) is 94.4 Å². The van der Waals surface area contributed by atoms with Crippen molar-refractivity contribution in [3.05, 3.63) is 0 Å². The van der Waals surface area contributed by atoms with Gasteiger partial charge in [0.2, 0.25) is 0 Å². The molecule has 0 aliphatic heterocycles. The molecule has 4 nitrogen and oxygen atoms in total. The maximum Gasteiger partial charge on any atom is 0.0535 e. The number of aliphatic hydroxyl groups excluding tert-OH is 4. The summed E-state index contributed by atoms with van der Waals surface area (Å²) in [6, 6.07) is 0. The van der Waals surface area contributed by atoms with E-state index in [2.05, 4.69) is 48.5 Å². The highest BCUT2D eigenvalue weighted by atomic mass is 16.3. The van der Waals surface area contributed by atoms with Gasteiger partial charge in [-0.15, -0.1) is 0 Å². The summed E-state index contributed by atoms with van der Waals surface area (Å²) in [5, 5.41) is 34.0. The zero-order chi connectivity index (χ0) is 25.0. The predicted octanol–water partition coefficient (Wildman–Crippen LogP) is 7.11. The van der Waals surface area contributed by atoms with Crippen molar-refractivity contribution in [3.63, 3.8) is 0 Å². The third kappa shape index (κ3) is 79.9. The minimum Gasteiger partial charge on any atom is -0.396 e. The smallest absolute Gasteiger partial charge is 0.0535 e. The quantitative estimate of drug-likeness (QED) is 0.289. The highest BCUT2D eigenvalue weighted by Gasteiger charge is 2.03. The Hall–Kier alpha value is -0.160. The molecular weight excluding hydrogens is 376 g/mol. The van der Waals surface area contributed by atoms with E-state index in [1.165, 1.54) is 12.8 Å². The van der Waals surface area contributed by atoms with Crippen molar-refractivity contribution in [1.29, 1.82) is 0 Å². The molecule has 0 aromatic heterocycles. The van der Waals surface area contributed by atoms with Crippen LogP contribution in [0.15, 0.2) is 0 Å². The second kappa shape index (κ2) is 33.5. The Kier molecular flexibility index (Phi) is 44.9. The van der Waals surface area contributed by atoms with E-state index in [0.717, 1.165) is 51.4 Å². The van der Waals surface area contributed by atoms with Crippen LogP contribution in [-0.2, 0) is 0 Å². The van der Waals surface area contributed by atoms with E-state index in [9.17, 15) is 0 Å². The maximum atomic E-state index is 8.67. The highest BCUT2D eigenvalue weighted by Crippen LogP contribution is 2.16. The van der Waals surface area contributed by atoms with Gasteiger partial charge in [0, 0.05) is 6.61 Å². The van der Waals surface area contributed by atoms with Crippen LogP contribution in [0.25, 0.3) is 0 Å². The average Bonchev–Trinajstić information content (AvgIpc) is 2.66. The molecule has 0 radical (unpaired) electrons. The van der Waals surface area contributed by atoms with Gasteiger partial charge in [0.05, 0.1) is 18.3 Å². The number of aliphatic hydroxyl groups is 4. The van der Waals surface area contributed by atoms with Crippen molar-refractivity contribution < 1.29 is 20.4 Å². The molecule has 0 aliphatic carbocycles. The molecule has 0 aliphatic rings. The fourth-order valence-electron chi connectivity index (χ4n) is 1.49. The summed E-state index contributed by atoms with van der Waals surface area (Å²) in [5.74, 6) is 0. The van der Waals surface area contributed by atoms with Crippen LogP contribution in [0.2, 0.25) is 0 Å². The Labute approximate surface area is 191 Å². The average molecular weight is 439 g/mol. The first kappa shape index (κ1) is 40.2. The first-order valence-corrected chi connectivity index (χ1v) is 12.5. The highest BCUT2D eigenvalue weighted by molar-refractivity contribution is 4.55. The fourth-order valence-corrected chi connectivity index (χ4v) is 1.49. The van der Waals surface area contributed by atoms with Crippen molar-refractivity contribution in [1.82, 2.24) is 0 Å². The molecule has 2 atom stereocenters. The summed E-state index contributed by atoms with van der Waals surface area (Å²) in [7, 11) is 0. The Morgan fingerprint density at radius 3 is 1.00 bits per heavy atom. The van der Waals surface area contributed by atoms with E-state index >= 15 is 0 Å². The fraction of sp³-hybridized carbons (Fsp3) is 1.00. The summed E-state index contributed by atoms with van der Waals surface area (Å²) in [4.78, 5) is 0. The van der Waals surface area contributed by atoms with Crippen LogP contribution < -0.4 is 0 Å². The van der Waals surface area contributed by atoms with Gasteiger partial charge >= 0.3 is 0 Å². The van der Waals surface area contributed by atoms with Crippen LogP contribution in [0.5, 0.6) is 0 Å². The summed E-state index contributed by atoms with van der Waals surface area (Å²) in [6.07, 6.45) is 10.1. The lowest BCUT2D eigenvalue weighted by Crippen LogP contribution is -2.00. The summed E-state index contributed by atoms with van der Waals surface area (Å²) in [6.45, 7) is 23.1. The lowest BCUT2D eigenvalue weighted by molar-refractivity contribution is 0.166. The predicted molar refractivity (Wildman–Crippen MR) is 136 cm³/mol. The molecule has 0 saturated heterocycles. The molecule has 0 aromatic rings. The van der Waals surface area contributed by atoms with Crippen LogP contribution in [0.1, 0.15) is 140 Å². The van der Waals surface area contributed by atoms with Gasteiger partial charge in [0.15, 0.2) is 0 Å². The molecule has 0 heterocycles. The molecule has 190 valence electrons. The van der Waals surface area contributed by atoms with Crippen LogP contribution in [0.4, 0.5) is 0 Å². The molecule has 0 bridgehead atoms. The summed E-state index contributed by atoms with van der Waals surface area (Å²) in [5.41, 5.74) is 0.542. The molecule has 2 unspecified atom stereocenters. The van der Waals surface area contributed by atoms with E-state index in [1.54, 1.807) is 0 Å². The lowest BCUT2D eigenvalue weighted by atomic mass is 9.94. The summed E-state index contributed by atoms with van der Waals surface area (Å²) >= 11 is 0. The second-order valence-electron chi connectivity index (χ2n) is 9.09. The Morgan fingerprint density at radius 1 is 0.633 bits per heavy atom. The topological polar surface area (TPSA) is 80.9 Å². The Balaban J connectivity index is -0.0000000868. The van der Waals surface area contributed by atoms with Gasteiger partial charge in [0.1, 0.15) is 0 Å². The summed E-state index contributed by atoms with van der Waals surface area (Å²) < 4.78 is 0. The van der Waals surface area contributed by atoms with Crippen molar-refractivity contribution in [2.24, 2.45) is 5.41 Å². The van der Waals surface area contributed by atoms with Gasteiger partial charge < -0.3 is 20.4 Å². The van der Waals surface area contributed by atoms with Crippen molar-refractivity contribution in [2.75, 3.05) is 6.61 Å². The molecule has 30 heavy (non-hydrogen) atoms. The number of rotatable bonds is 9. The molecule has 0 spiro atoms. The first-order valence-electron chi connectivity index (χ1n) is 12.5. The van der Waals surface area contributed by atoms with Gasteiger partial charge in [-0.05, 0) is 51.4 Å². The van der Waals surface area contributed by atoms with Crippen LogP contribution in [0, 0.1) is 5.41 Å². The maximum absolute atomic E-state index is 8.67. The van der Waals surface area contributed by atoms with Gasteiger partial charge in [-0.2, -0.15) is 0 Å². The molecule has 0 aromatic carbocycles. The molecule has 0 amide bonds. The van der Waals surface area contributed by atoms with E-state index < -0.39 is 0 Å². The molecular formula is C26H62O4. The van der Waals surface area contributed by atoms with Crippen LogP contribution in [0.3, 0.4) is 0 Å². The van der Waals surface area contributed by atoms with Gasteiger partial charge in [0.25, 0.3) is 0 Å².